The summed E-state index contributed by atoms with van der Waals surface area (Å²) in [5.74, 6) is -3.63. The normalized spacial score (nSPS) is 15.8. The SMILES string of the molecule is NS(=O)(=O)c1c(Br)cc(F)c(C(=O)NC2CCC2)c1F. The minimum atomic E-state index is -4.43. The Labute approximate surface area is 122 Å². The molecular formula is C11H11BrF2N2O3S. The van der Waals surface area contributed by atoms with Gasteiger partial charge in [0.2, 0.25) is 10.0 Å². The van der Waals surface area contributed by atoms with Crippen LogP contribution < -0.4 is 10.5 Å². The number of hydrogen-bond donors (Lipinski definition) is 2. The third-order valence-corrected chi connectivity index (χ3v) is 4.94. The van der Waals surface area contributed by atoms with Crippen LogP contribution in [0.1, 0.15) is 29.6 Å². The van der Waals surface area contributed by atoms with E-state index in [0.29, 0.717) is 6.07 Å². The summed E-state index contributed by atoms with van der Waals surface area (Å²) in [6.45, 7) is 0. The summed E-state index contributed by atoms with van der Waals surface area (Å²) in [6.07, 6.45) is 2.39. The van der Waals surface area contributed by atoms with E-state index in [1.54, 1.807) is 0 Å². The molecule has 0 radical (unpaired) electrons. The van der Waals surface area contributed by atoms with Crippen LogP contribution in [-0.4, -0.2) is 20.4 Å². The lowest BCUT2D eigenvalue weighted by atomic mass is 9.93. The molecule has 5 nitrogen and oxygen atoms in total. The molecule has 110 valence electrons. The average Bonchev–Trinajstić information content (AvgIpc) is 2.20. The molecular weight excluding hydrogens is 358 g/mol. The lowest BCUT2D eigenvalue weighted by Crippen LogP contribution is -2.40. The molecule has 1 aliphatic carbocycles. The van der Waals surface area contributed by atoms with Gasteiger partial charge in [0.15, 0.2) is 5.82 Å². The van der Waals surface area contributed by atoms with E-state index < -0.39 is 38.0 Å². The van der Waals surface area contributed by atoms with E-state index in [0.717, 1.165) is 19.3 Å². The van der Waals surface area contributed by atoms with Crippen molar-refractivity contribution in [2.75, 3.05) is 0 Å². The number of amides is 1. The zero-order valence-corrected chi connectivity index (χ0v) is 12.5. The fourth-order valence-electron chi connectivity index (χ4n) is 1.85. The first-order chi connectivity index (χ1) is 9.21. The maximum atomic E-state index is 14.1. The highest BCUT2D eigenvalue weighted by Gasteiger charge is 2.30. The molecule has 1 fully saturated rings. The molecule has 0 unspecified atom stereocenters. The minimum Gasteiger partial charge on any atom is -0.349 e. The van der Waals surface area contributed by atoms with E-state index in [-0.39, 0.29) is 10.5 Å². The summed E-state index contributed by atoms with van der Waals surface area (Å²) in [5.41, 5.74) is -0.941. The first-order valence-electron chi connectivity index (χ1n) is 5.73. The van der Waals surface area contributed by atoms with Gasteiger partial charge in [-0.15, -0.1) is 0 Å². The molecule has 0 spiro atoms. The first kappa shape index (κ1) is 15.3. The Balaban J connectivity index is 2.49. The van der Waals surface area contributed by atoms with Crippen molar-refractivity contribution in [2.45, 2.75) is 30.2 Å². The maximum absolute atomic E-state index is 14.1. The second-order valence-corrected chi connectivity index (χ2v) is 6.86. The molecule has 1 amide bonds. The van der Waals surface area contributed by atoms with Crippen LogP contribution >= 0.6 is 15.9 Å². The highest BCUT2D eigenvalue weighted by atomic mass is 79.9. The van der Waals surface area contributed by atoms with E-state index >= 15 is 0 Å². The van der Waals surface area contributed by atoms with Crippen molar-refractivity contribution >= 4 is 31.9 Å². The molecule has 1 saturated carbocycles. The molecule has 0 heterocycles. The largest absolute Gasteiger partial charge is 0.349 e. The van der Waals surface area contributed by atoms with Crippen molar-refractivity contribution in [3.63, 3.8) is 0 Å². The van der Waals surface area contributed by atoms with Crippen molar-refractivity contribution in [1.82, 2.24) is 5.32 Å². The van der Waals surface area contributed by atoms with E-state index in [9.17, 15) is 22.0 Å². The molecule has 3 N–H and O–H groups in total. The van der Waals surface area contributed by atoms with Crippen molar-refractivity contribution in [3.05, 3.63) is 27.7 Å². The van der Waals surface area contributed by atoms with Crippen LogP contribution in [0.5, 0.6) is 0 Å². The van der Waals surface area contributed by atoms with Gasteiger partial charge in [0.25, 0.3) is 5.91 Å². The number of rotatable bonds is 3. The third-order valence-electron chi connectivity index (χ3n) is 3.08. The quantitative estimate of drug-likeness (QED) is 0.849. The number of nitrogens with two attached hydrogens (primary N) is 1. The van der Waals surface area contributed by atoms with E-state index in [4.69, 9.17) is 5.14 Å². The summed E-state index contributed by atoms with van der Waals surface area (Å²) in [4.78, 5) is 10.9. The highest BCUT2D eigenvalue weighted by molar-refractivity contribution is 9.10. The monoisotopic (exact) mass is 368 g/mol. The Morgan fingerprint density at radius 1 is 1.40 bits per heavy atom. The summed E-state index contributed by atoms with van der Waals surface area (Å²) in [6, 6.07) is 0.571. The summed E-state index contributed by atoms with van der Waals surface area (Å²) < 4.78 is 50.1. The Kier molecular flexibility index (Phi) is 4.12. The predicted octanol–water partition coefficient (Wildman–Crippen LogP) is 1.66. The summed E-state index contributed by atoms with van der Waals surface area (Å²) in [5, 5.41) is 7.31. The number of halogens is 3. The van der Waals surface area contributed by atoms with Crippen LogP contribution in [0.2, 0.25) is 0 Å². The van der Waals surface area contributed by atoms with Crippen molar-refractivity contribution < 1.29 is 22.0 Å². The van der Waals surface area contributed by atoms with Gasteiger partial charge in [0.1, 0.15) is 16.3 Å². The van der Waals surface area contributed by atoms with Gasteiger partial charge in [0, 0.05) is 10.5 Å². The zero-order chi connectivity index (χ0) is 15.1. The number of nitrogens with one attached hydrogen (secondary N) is 1. The van der Waals surface area contributed by atoms with Gasteiger partial charge in [-0.2, -0.15) is 0 Å². The Bertz CT molecular complexity index is 675. The topological polar surface area (TPSA) is 89.3 Å². The Hall–Kier alpha value is -1.06. The lowest BCUT2D eigenvalue weighted by molar-refractivity contribution is 0.0907. The van der Waals surface area contributed by atoms with Crippen LogP contribution in [0.25, 0.3) is 0 Å². The van der Waals surface area contributed by atoms with Crippen LogP contribution in [0.4, 0.5) is 8.78 Å². The van der Waals surface area contributed by atoms with Crippen molar-refractivity contribution in [1.29, 1.82) is 0 Å². The van der Waals surface area contributed by atoms with Crippen LogP contribution in [-0.2, 0) is 10.0 Å². The average molecular weight is 369 g/mol. The second-order valence-electron chi connectivity index (χ2n) is 4.50. The van der Waals surface area contributed by atoms with Gasteiger partial charge in [-0.05, 0) is 41.3 Å². The lowest BCUT2D eigenvalue weighted by Gasteiger charge is -2.26. The molecule has 1 aromatic carbocycles. The minimum absolute atomic E-state index is 0.136. The molecule has 0 bridgehead atoms. The molecule has 20 heavy (non-hydrogen) atoms. The first-order valence-corrected chi connectivity index (χ1v) is 8.07. The fourth-order valence-corrected chi connectivity index (χ4v) is 3.59. The van der Waals surface area contributed by atoms with E-state index in [1.165, 1.54) is 0 Å². The van der Waals surface area contributed by atoms with Gasteiger partial charge in [-0.1, -0.05) is 0 Å². The van der Waals surface area contributed by atoms with Crippen molar-refractivity contribution in [2.24, 2.45) is 5.14 Å². The van der Waals surface area contributed by atoms with Gasteiger partial charge in [-0.25, -0.2) is 22.3 Å². The molecule has 0 aromatic heterocycles. The fraction of sp³-hybridized carbons (Fsp3) is 0.364. The van der Waals surface area contributed by atoms with E-state index in [1.807, 2.05) is 0 Å². The van der Waals surface area contributed by atoms with Crippen LogP contribution in [0.15, 0.2) is 15.4 Å². The van der Waals surface area contributed by atoms with Crippen LogP contribution in [0.3, 0.4) is 0 Å². The smallest absolute Gasteiger partial charge is 0.257 e. The molecule has 1 aliphatic rings. The maximum Gasteiger partial charge on any atom is 0.257 e. The number of benzene rings is 1. The van der Waals surface area contributed by atoms with Gasteiger partial charge >= 0.3 is 0 Å². The summed E-state index contributed by atoms with van der Waals surface area (Å²) in [7, 11) is -4.43. The predicted molar refractivity (Wildman–Crippen MR) is 70.5 cm³/mol. The van der Waals surface area contributed by atoms with Gasteiger partial charge in [0.05, 0.1) is 0 Å². The zero-order valence-electron chi connectivity index (χ0n) is 10.1. The molecule has 1 aromatic rings. The standard InChI is InChI=1S/C11H11BrF2N2O3S/c12-6-4-7(13)8(9(14)10(6)20(15,18)19)11(17)16-5-2-1-3-5/h4-5H,1-3H2,(H,16,17)(H2,15,18,19). The molecule has 9 heteroatoms. The Morgan fingerprint density at radius 2 is 2.00 bits per heavy atom. The molecule has 0 aliphatic heterocycles. The van der Waals surface area contributed by atoms with E-state index in [2.05, 4.69) is 21.2 Å². The third kappa shape index (κ3) is 2.84. The second kappa shape index (κ2) is 5.38. The highest BCUT2D eigenvalue weighted by Crippen LogP contribution is 2.29. The number of carbonyl (C=O) groups is 1. The number of sulfonamides is 1. The van der Waals surface area contributed by atoms with Gasteiger partial charge in [-0.3, -0.25) is 4.79 Å². The summed E-state index contributed by atoms with van der Waals surface area (Å²) >= 11 is 2.72. The number of hydrogen-bond acceptors (Lipinski definition) is 3. The molecule has 0 atom stereocenters. The van der Waals surface area contributed by atoms with Gasteiger partial charge < -0.3 is 5.32 Å². The Morgan fingerprint density at radius 3 is 2.45 bits per heavy atom. The number of carbonyl (C=O) groups excluding carboxylic acids is 1. The molecule has 0 saturated heterocycles. The molecule has 2 rings (SSSR count). The number of primary sulfonamides is 1. The van der Waals surface area contributed by atoms with Crippen LogP contribution in [0, 0.1) is 11.6 Å². The van der Waals surface area contributed by atoms with Crippen molar-refractivity contribution in [3.8, 4) is 0 Å².